The largest absolute Gasteiger partial charge is 0.330 e. The van der Waals surface area contributed by atoms with Gasteiger partial charge in [-0.1, -0.05) is 13.8 Å². The third-order valence-corrected chi connectivity index (χ3v) is 3.34. The zero-order chi connectivity index (χ0) is 14.9. The Hall–Kier alpha value is -1.82. The monoisotopic (exact) mass is 283 g/mol. The molecular formula is C14H16F3N3. The Bertz CT molecular complexity index is 608. The Morgan fingerprint density at radius 2 is 1.95 bits per heavy atom. The molecule has 0 aliphatic heterocycles. The molecule has 1 atom stereocenters. The average Bonchev–Trinajstić information content (AvgIpc) is 2.83. The van der Waals surface area contributed by atoms with Crippen LogP contribution in [0.1, 0.15) is 25.5 Å². The molecule has 2 rings (SSSR count). The molecule has 1 heterocycles. The number of aromatic nitrogens is 2. The second kappa shape index (κ2) is 5.66. The predicted molar refractivity (Wildman–Crippen MR) is 70.1 cm³/mol. The number of halogens is 3. The lowest BCUT2D eigenvalue weighted by Gasteiger charge is -2.21. The molecule has 0 aliphatic carbocycles. The van der Waals surface area contributed by atoms with Gasteiger partial charge in [0.1, 0.15) is 5.82 Å². The van der Waals surface area contributed by atoms with E-state index in [2.05, 4.69) is 4.98 Å². The van der Waals surface area contributed by atoms with E-state index in [1.54, 1.807) is 6.20 Å². The first kappa shape index (κ1) is 14.6. The van der Waals surface area contributed by atoms with Crippen LogP contribution in [0.15, 0.2) is 24.7 Å². The minimum absolute atomic E-state index is 0.0803. The Balaban J connectivity index is 2.58. The highest BCUT2D eigenvalue weighted by Crippen LogP contribution is 2.27. The summed E-state index contributed by atoms with van der Waals surface area (Å²) in [6.45, 7) is 4.28. The second-order valence-electron chi connectivity index (χ2n) is 5.00. The van der Waals surface area contributed by atoms with Crippen LogP contribution in [0.4, 0.5) is 13.2 Å². The summed E-state index contributed by atoms with van der Waals surface area (Å²) in [4.78, 5) is 3.95. The van der Waals surface area contributed by atoms with Gasteiger partial charge in [-0.15, -0.1) is 0 Å². The maximum absolute atomic E-state index is 13.9. The molecule has 6 heteroatoms. The Kier molecular flexibility index (Phi) is 4.13. The Labute approximate surface area is 115 Å². The van der Waals surface area contributed by atoms with Crippen LogP contribution in [0.2, 0.25) is 0 Å². The van der Waals surface area contributed by atoms with Crippen molar-refractivity contribution in [3.8, 4) is 5.69 Å². The highest BCUT2D eigenvalue weighted by molar-refractivity contribution is 5.37. The van der Waals surface area contributed by atoms with Gasteiger partial charge in [0.05, 0.1) is 12.0 Å². The van der Waals surface area contributed by atoms with E-state index in [1.807, 2.05) is 13.8 Å². The van der Waals surface area contributed by atoms with Gasteiger partial charge in [-0.3, -0.25) is 4.57 Å². The maximum atomic E-state index is 13.9. The van der Waals surface area contributed by atoms with Crippen molar-refractivity contribution < 1.29 is 13.2 Å². The molecular weight excluding hydrogens is 267 g/mol. The standard InChI is InChI=1S/C14H16F3N3/c1-8(2)10(5-18)13-6-19-7-20(13)12-4-9(15)3-11(16)14(12)17/h3-4,6-8,10H,5,18H2,1-2H3. The molecule has 2 aromatic rings. The van der Waals surface area contributed by atoms with E-state index in [0.717, 1.165) is 6.07 Å². The number of nitrogens with zero attached hydrogens (tertiary/aromatic N) is 2. The smallest absolute Gasteiger partial charge is 0.183 e. The fourth-order valence-corrected chi connectivity index (χ4v) is 2.23. The molecule has 1 unspecified atom stereocenters. The molecule has 0 saturated carbocycles. The quantitative estimate of drug-likeness (QED) is 0.877. The van der Waals surface area contributed by atoms with Crippen molar-refractivity contribution in [2.24, 2.45) is 11.7 Å². The first-order chi connectivity index (χ1) is 9.45. The first-order valence-electron chi connectivity index (χ1n) is 6.33. The normalized spacial score (nSPS) is 12.9. The zero-order valence-electron chi connectivity index (χ0n) is 11.3. The third-order valence-electron chi connectivity index (χ3n) is 3.34. The summed E-state index contributed by atoms with van der Waals surface area (Å²) in [6, 6.07) is 1.45. The molecule has 0 spiro atoms. The molecule has 108 valence electrons. The molecule has 20 heavy (non-hydrogen) atoms. The number of hydrogen-bond donors (Lipinski definition) is 1. The van der Waals surface area contributed by atoms with Gasteiger partial charge in [-0.05, 0) is 5.92 Å². The number of imidazole rings is 1. The fourth-order valence-electron chi connectivity index (χ4n) is 2.23. The fraction of sp³-hybridized carbons (Fsp3) is 0.357. The first-order valence-corrected chi connectivity index (χ1v) is 6.33. The van der Waals surface area contributed by atoms with Crippen LogP contribution in [0.3, 0.4) is 0 Å². The van der Waals surface area contributed by atoms with Crippen molar-refractivity contribution in [2.45, 2.75) is 19.8 Å². The van der Waals surface area contributed by atoms with Crippen molar-refractivity contribution in [2.75, 3.05) is 6.54 Å². The van der Waals surface area contributed by atoms with E-state index < -0.39 is 17.5 Å². The van der Waals surface area contributed by atoms with E-state index in [-0.39, 0.29) is 17.5 Å². The summed E-state index contributed by atoms with van der Waals surface area (Å²) in [7, 11) is 0. The van der Waals surface area contributed by atoms with Gasteiger partial charge in [0, 0.05) is 36.5 Å². The van der Waals surface area contributed by atoms with Crippen LogP contribution in [0.25, 0.3) is 5.69 Å². The molecule has 0 bridgehead atoms. The van der Waals surface area contributed by atoms with E-state index in [9.17, 15) is 13.2 Å². The van der Waals surface area contributed by atoms with Gasteiger partial charge < -0.3 is 5.73 Å². The molecule has 0 saturated heterocycles. The minimum Gasteiger partial charge on any atom is -0.330 e. The van der Waals surface area contributed by atoms with Crippen LogP contribution >= 0.6 is 0 Å². The molecule has 1 aromatic heterocycles. The van der Waals surface area contributed by atoms with Gasteiger partial charge in [0.2, 0.25) is 0 Å². The minimum atomic E-state index is -1.23. The zero-order valence-corrected chi connectivity index (χ0v) is 11.3. The van der Waals surface area contributed by atoms with Crippen LogP contribution < -0.4 is 5.73 Å². The van der Waals surface area contributed by atoms with Crippen molar-refractivity contribution >= 4 is 0 Å². The summed E-state index contributed by atoms with van der Waals surface area (Å²) in [5.41, 5.74) is 6.16. The lowest BCUT2D eigenvalue weighted by molar-refractivity contribution is 0.474. The summed E-state index contributed by atoms with van der Waals surface area (Å²) in [6.07, 6.45) is 2.87. The predicted octanol–water partition coefficient (Wildman–Crippen LogP) is 2.99. The molecule has 0 amide bonds. The van der Waals surface area contributed by atoms with Crippen LogP contribution in [-0.4, -0.2) is 16.1 Å². The van der Waals surface area contributed by atoms with Gasteiger partial charge in [-0.25, -0.2) is 18.2 Å². The van der Waals surface area contributed by atoms with Crippen molar-refractivity contribution in [3.63, 3.8) is 0 Å². The third kappa shape index (κ3) is 2.56. The van der Waals surface area contributed by atoms with Crippen molar-refractivity contribution in [3.05, 3.63) is 47.8 Å². The van der Waals surface area contributed by atoms with E-state index in [4.69, 9.17) is 5.73 Å². The number of hydrogen-bond acceptors (Lipinski definition) is 2. The van der Waals surface area contributed by atoms with Crippen LogP contribution in [-0.2, 0) is 0 Å². The summed E-state index contributed by atoms with van der Waals surface area (Å²) < 4.78 is 41.9. The second-order valence-corrected chi connectivity index (χ2v) is 5.00. The lowest BCUT2D eigenvalue weighted by atomic mass is 9.93. The van der Waals surface area contributed by atoms with E-state index in [0.29, 0.717) is 18.3 Å². The van der Waals surface area contributed by atoms with E-state index >= 15 is 0 Å². The average molecular weight is 283 g/mol. The highest BCUT2D eigenvalue weighted by atomic mass is 19.2. The molecule has 0 radical (unpaired) electrons. The van der Waals surface area contributed by atoms with Crippen LogP contribution in [0.5, 0.6) is 0 Å². The van der Waals surface area contributed by atoms with Gasteiger partial charge in [0.15, 0.2) is 11.6 Å². The Morgan fingerprint density at radius 3 is 2.55 bits per heavy atom. The molecule has 0 fully saturated rings. The van der Waals surface area contributed by atoms with Gasteiger partial charge in [-0.2, -0.15) is 0 Å². The van der Waals surface area contributed by atoms with Gasteiger partial charge >= 0.3 is 0 Å². The van der Waals surface area contributed by atoms with Gasteiger partial charge in [0.25, 0.3) is 0 Å². The molecule has 1 aromatic carbocycles. The summed E-state index contributed by atoms with van der Waals surface area (Å²) >= 11 is 0. The molecule has 0 aliphatic rings. The maximum Gasteiger partial charge on any atom is 0.183 e. The number of benzene rings is 1. The lowest BCUT2D eigenvalue weighted by Crippen LogP contribution is -2.21. The van der Waals surface area contributed by atoms with Crippen LogP contribution in [0, 0.1) is 23.4 Å². The summed E-state index contributed by atoms with van der Waals surface area (Å²) in [5, 5.41) is 0. The topological polar surface area (TPSA) is 43.8 Å². The highest BCUT2D eigenvalue weighted by Gasteiger charge is 2.21. The summed E-state index contributed by atoms with van der Waals surface area (Å²) in [5.74, 6) is -3.06. The number of rotatable bonds is 4. The van der Waals surface area contributed by atoms with Crippen molar-refractivity contribution in [1.29, 1.82) is 0 Å². The van der Waals surface area contributed by atoms with E-state index in [1.165, 1.54) is 10.9 Å². The molecule has 2 N–H and O–H groups in total. The Morgan fingerprint density at radius 1 is 1.25 bits per heavy atom. The number of nitrogens with two attached hydrogens (primary N) is 1. The SMILES string of the molecule is CC(C)C(CN)c1cncn1-c1cc(F)cc(F)c1F. The molecule has 3 nitrogen and oxygen atoms in total. The van der Waals surface area contributed by atoms with Crippen molar-refractivity contribution in [1.82, 2.24) is 9.55 Å².